The second-order valence-electron chi connectivity index (χ2n) is 9.76. The molecule has 0 unspecified atom stereocenters. The van der Waals surface area contributed by atoms with Crippen molar-refractivity contribution in [2.75, 3.05) is 25.6 Å². The molecule has 0 saturated heterocycles. The Kier molecular flexibility index (Phi) is 10.2. The zero-order valence-electron chi connectivity index (χ0n) is 23.9. The molecule has 4 aromatic carbocycles. The van der Waals surface area contributed by atoms with Gasteiger partial charge >= 0.3 is 12.1 Å². The van der Waals surface area contributed by atoms with E-state index in [1.807, 2.05) is 48.6 Å². The van der Waals surface area contributed by atoms with E-state index in [4.69, 9.17) is 9.47 Å². The van der Waals surface area contributed by atoms with Crippen LogP contribution in [0.15, 0.2) is 95.9 Å². The van der Waals surface area contributed by atoms with Crippen LogP contribution in [0, 0.1) is 6.92 Å². The molecular weight excluding hydrogens is 561 g/mol. The first-order valence-corrected chi connectivity index (χ1v) is 14.2. The minimum Gasteiger partial charge on any atom is -0.469 e. The molecule has 5 nitrogen and oxygen atoms in total. The Labute approximate surface area is 249 Å². The highest BCUT2D eigenvalue weighted by atomic mass is 32.2. The SMILES string of the molecule is CCN(Cc1cc(C(F)(F)F)ccc1Oc1cccc(CC(=O)OC)c1)Sc1ccc(N(C)c2cccc(C)c2)cc1. The van der Waals surface area contributed by atoms with Crippen LogP contribution in [0.2, 0.25) is 0 Å². The van der Waals surface area contributed by atoms with E-state index in [1.165, 1.54) is 30.7 Å². The monoisotopic (exact) mass is 594 g/mol. The number of anilines is 2. The summed E-state index contributed by atoms with van der Waals surface area (Å²) in [5.74, 6) is 0.335. The van der Waals surface area contributed by atoms with Crippen LogP contribution in [-0.2, 0) is 28.7 Å². The first-order valence-electron chi connectivity index (χ1n) is 13.4. The molecule has 0 fully saturated rings. The molecule has 0 spiro atoms. The van der Waals surface area contributed by atoms with Gasteiger partial charge in [-0.3, -0.25) is 4.79 Å². The van der Waals surface area contributed by atoms with Crippen molar-refractivity contribution in [1.29, 1.82) is 0 Å². The number of halogens is 3. The molecule has 0 N–H and O–H groups in total. The summed E-state index contributed by atoms with van der Waals surface area (Å²) in [6.45, 7) is 4.81. The number of hydrogen-bond acceptors (Lipinski definition) is 6. The highest BCUT2D eigenvalue weighted by molar-refractivity contribution is 7.97. The number of alkyl halides is 3. The second kappa shape index (κ2) is 13.8. The molecule has 0 radical (unpaired) electrons. The van der Waals surface area contributed by atoms with E-state index in [1.54, 1.807) is 24.3 Å². The lowest BCUT2D eigenvalue weighted by Crippen LogP contribution is -2.16. The van der Waals surface area contributed by atoms with Gasteiger partial charge in [0.2, 0.25) is 0 Å². The summed E-state index contributed by atoms with van der Waals surface area (Å²) in [6.07, 6.45) is -4.43. The van der Waals surface area contributed by atoms with Crippen LogP contribution in [0.3, 0.4) is 0 Å². The summed E-state index contributed by atoms with van der Waals surface area (Å²) in [4.78, 5) is 14.8. The number of carbonyl (C=O) groups is 1. The molecule has 220 valence electrons. The molecular formula is C33H33F3N2O3S. The third-order valence-electron chi connectivity index (χ3n) is 6.64. The zero-order chi connectivity index (χ0) is 30.3. The van der Waals surface area contributed by atoms with Crippen LogP contribution < -0.4 is 9.64 Å². The van der Waals surface area contributed by atoms with Gasteiger partial charge in [0, 0.05) is 42.0 Å². The molecule has 0 aliphatic carbocycles. The standard InChI is InChI=1S/C33H33F3N2O3S/c1-5-38(42-30-15-13-27(14-16-30)37(3)28-10-6-8-23(2)18-28)22-25-21-26(33(34,35)36)12-17-31(25)41-29-11-7-9-24(19-29)20-32(39)40-4/h6-19,21H,5,20,22H2,1-4H3. The molecule has 4 aromatic rings. The highest BCUT2D eigenvalue weighted by Crippen LogP contribution is 2.37. The normalized spacial score (nSPS) is 11.4. The topological polar surface area (TPSA) is 42.0 Å². The summed E-state index contributed by atoms with van der Waals surface area (Å²) >= 11 is 1.47. The fourth-order valence-corrected chi connectivity index (χ4v) is 5.22. The van der Waals surface area contributed by atoms with Crippen molar-refractivity contribution in [2.45, 2.75) is 37.9 Å². The maximum Gasteiger partial charge on any atom is 0.416 e. The first kappa shape index (κ1) is 31.0. The molecule has 0 aromatic heterocycles. The van der Waals surface area contributed by atoms with Gasteiger partial charge in [-0.1, -0.05) is 31.2 Å². The largest absolute Gasteiger partial charge is 0.469 e. The second-order valence-corrected chi connectivity index (χ2v) is 10.9. The molecule has 0 aliphatic rings. The summed E-state index contributed by atoms with van der Waals surface area (Å²) in [7, 11) is 3.32. The Morgan fingerprint density at radius 2 is 1.64 bits per heavy atom. The number of carbonyl (C=O) groups excluding carboxylic acids is 1. The summed E-state index contributed by atoms with van der Waals surface area (Å²) in [5, 5.41) is 0. The lowest BCUT2D eigenvalue weighted by Gasteiger charge is -2.23. The van der Waals surface area contributed by atoms with Gasteiger partial charge in [-0.2, -0.15) is 13.2 Å². The number of benzene rings is 4. The third-order valence-corrected chi connectivity index (χ3v) is 7.77. The van der Waals surface area contributed by atoms with Crippen molar-refractivity contribution in [1.82, 2.24) is 4.31 Å². The fourth-order valence-electron chi connectivity index (χ4n) is 4.33. The average molecular weight is 595 g/mol. The molecule has 4 rings (SSSR count). The van der Waals surface area contributed by atoms with Gasteiger partial charge in [0.05, 0.1) is 19.1 Å². The molecule has 0 amide bonds. The van der Waals surface area contributed by atoms with Crippen molar-refractivity contribution in [3.8, 4) is 11.5 Å². The number of methoxy groups -OCH3 is 1. The molecule has 0 atom stereocenters. The van der Waals surface area contributed by atoms with Crippen LogP contribution in [0.4, 0.5) is 24.5 Å². The minimum atomic E-state index is -4.49. The van der Waals surface area contributed by atoms with Crippen LogP contribution in [-0.4, -0.2) is 31.0 Å². The van der Waals surface area contributed by atoms with E-state index in [-0.39, 0.29) is 13.0 Å². The van der Waals surface area contributed by atoms with Crippen LogP contribution in [0.5, 0.6) is 11.5 Å². The molecule has 0 bridgehead atoms. The highest BCUT2D eigenvalue weighted by Gasteiger charge is 2.31. The van der Waals surface area contributed by atoms with Crippen molar-refractivity contribution < 1.29 is 27.4 Å². The van der Waals surface area contributed by atoms with E-state index < -0.39 is 17.7 Å². The van der Waals surface area contributed by atoms with Crippen LogP contribution in [0.1, 0.15) is 29.2 Å². The van der Waals surface area contributed by atoms with Crippen molar-refractivity contribution >= 4 is 29.3 Å². The predicted molar refractivity (Wildman–Crippen MR) is 161 cm³/mol. The molecule has 0 saturated carbocycles. The first-order chi connectivity index (χ1) is 20.0. The van der Waals surface area contributed by atoms with Crippen molar-refractivity contribution in [2.24, 2.45) is 0 Å². The van der Waals surface area contributed by atoms with Gasteiger partial charge < -0.3 is 14.4 Å². The van der Waals surface area contributed by atoms with Gasteiger partial charge in [0.25, 0.3) is 0 Å². The summed E-state index contributed by atoms with van der Waals surface area (Å²) < 4.78 is 53.7. The number of nitrogens with zero attached hydrogens (tertiary/aromatic N) is 2. The van der Waals surface area contributed by atoms with E-state index in [0.717, 1.165) is 28.4 Å². The van der Waals surface area contributed by atoms with E-state index >= 15 is 0 Å². The van der Waals surface area contributed by atoms with Gasteiger partial charge in [0.15, 0.2) is 0 Å². The van der Waals surface area contributed by atoms with E-state index in [9.17, 15) is 18.0 Å². The Bertz CT molecular complexity index is 1510. The lowest BCUT2D eigenvalue weighted by molar-refractivity contribution is -0.140. The number of aryl methyl sites for hydroxylation is 1. The number of hydrogen-bond donors (Lipinski definition) is 0. The zero-order valence-corrected chi connectivity index (χ0v) is 24.8. The summed E-state index contributed by atoms with van der Waals surface area (Å²) in [5.41, 5.74) is 3.61. The molecule has 42 heavy (non-hydrogen) atoms. The predicted octanol–water partition coefficient (Wildman–Crippen LogP) is 8.82. The fraction of sp³-hybridized carbons (Fsp3) is 0.242. The van der Waals surface area contributed by atoms with E-state index in [0.29, 0.717) is 29.2 Å². The minimum absolute atomic E-state index is 0.0629. The van der Waals surface area contributed by atoms with Crippen molar-refractivity contribution in [3.05, 3.63) is 113 Å². The van der Waals surface area contributed by atoms with Gasteiger partial charge in [-0.05, 0) is 96.7 Å². The number of ether oxygens (including phenoxy) is 2. The average Bonchev–Trinajstić information content (AvgIpc) is 2.97. The Morgan fingerprint density at radius 3 is 2.31 bits per heavy atom. The Morgan fingerprint density at radius 1 is 0.905 bits per heavy atom. The van der Waals surface area contributed by atoms with Crippen LogP contribution in [0.25, 0.3) is 0 Å². The van der Waals surface area contributed by atoms with Gasteiger partial charge in [0.1, 0.15) is 11.5 Å². The Balaban J connectivity index is 1.53. The lowest BCUT2D eigenvalue weighted by atomic mass is 10.1. The number of rotatable bonds is 11. The number of esters is 1. The Hall–Kier alpha value is -3.95. The summed E-state index contributed by atoms with van der Waals surface area (Å²) in [6, 6.07) is 26.7. The van der Waals surface area contributed by atoms with Crippen molar-refractivity contribution in [3.63, 3.8) is 0 Å². The van der Waals surface area contributed by atoms with Crippen LogP contribution >= 0.6 is 11.9 Å². The maximum atomic E-state index is 13.6. The molecule has 9 heteroatoms. The van der Waals surface area contributed by atoms with Gasteiger partial charge in [-0.25, -0.2) is 4.31 Å². The molecule has 0 aliphatic heterocycles. The van der Waals surface area contributed by atoms with Gasteiger partial charge in [-0.15, -0.1) is 0 Å². The van der Waals surface area contributed by atoms with E-state index in [2.05, 4.69) is 30.0 Å². The molecule has 0 heterocycles. The quantitative estimate of drug-likeness (QED) is 0.128. The maximum absolute atomic E-state index is 13.6. The smallest absolute Gasteiger partial charge is 0.416 e. The third kappa shape index (κ3) is 8.30.